The first kappa shape index (κ1) is 19.3. The Labute approximate surface area is 183 Å². The zero-order chi connectivity index (χ0) is 21.9. The molecule has 0 saturated heterocycles. The molecule has 3 aromatic carbocycles. The predicted octanol–water partition coefficient (Wildman–Crippen LogP) is 4.70. The van der Waals surface area contributed by atoms with Crippen LogP contribution < -0.4 is 10.3 Å². The first-order valence-electron chi connectivity index (χ1n) is 9.94. The van der Waals surface area contributed by atoms with Crippen molar-refractivity contribution in [1.29, 1.82) is 0 Å². The number of furan rings is 1. The SMILES string of the molecule is C#CCOc1ccc(C=Nn2c(-c3cc4ccccc4o3)nc3ccccc3c2=O)cc1. The quantitative estimate of drug-likeness (QED) is 0.306. The number of para-hydroxylation sites is 2. The van der Waals surface area contributed by atoms with Crippen LogP contribution in [0.15, 0.2) is 93.2 Å². The highest BCUT2D eigenvalue weighted by Gasteiger charge is 2.16. The van der Waals surface area contributed by atoms with Crippen LogP contribution in [-0.4, -0.2) is 22.5 Å². The van der Waals surface area contributed by atoms with Crippen molar-refractivity contribution < 1.29 is 9.15 Å². The Morgan fingerprint density at radius 1 is 1.06 bits per heavy atom. The molecule has 0 bridgehead atoms. The largest absolute Gasteiger partial charge is 0.481 e. The van der Waals surface area contributed by atoms with Gasteiger partial charge in [-0.05, 0) is 54.1 Å². The molecule has 5 rings (SSSR count). The molecule has 0 aliphatic rings. The third-order valence-corrected chi connectivity index (χ3v) is 4.92. The summed E-state index contributed by atoms with van der Waals surface area (Å²) < 4.78 is 12.6. The highest BCUT2D eigenvalue weighted by Crippen LogP contribution is 2.27. The minimum atomic E-state index is -0.281. The van der Waals surface area contributed by atoms with Crippen molar-refractivity contribution in [2.75, 3.05) is 6.61 Å². The van der Waals surface area contributed by atoms with Crippen LogP contribution in [-0.2, 0) is 0 Å². The number of fused-ring (bicyclic) bond motifs is 2. The molecule has 2 heterocycles. The van der Waals surface area contributed by atoms with Gasteiger partial charge in [0, 0.05) is 5.39 Å². The number of hydrogen-bond acceptors (Lipinski definition) is 5. The summed E-state index contributed by atoms with van der Waals surface area (Å²) in [6.07, 6.45) is 6.81. The lowest BCUT2D eigenvalue weighted by Gasteiger charge is -2.07. The fourth-order valence-electron chi connectivity index (χ4n) is 3.38. The van der Waals surface area contributed by atoms with E-state index in [2.05, 4.69) is 16.0 Å². The predicted molar refractivity (Wildman–Crippen MR) is 125 cm³/mol. The Balaban J connectivity index is 1.62. The first-order chi connectivity index (χ1) is 15.7. The zero-order valence-corrected chi connectivity index (χ0v) is 16.9. The number of terminal acetylenes is 1. The number of benzene rings is 3. The van der Waals surface area contributed by atoms with Crippen LogP contribution in [0.3, 0.4) is 0 Å². The van der Waals surface area contributed by atoms with Gasteiger partial charge in [-0.2, -0.15) is 9.78 Å². The molecule has 0 unspecified atom stereocenters. The number of rotatable bonds is 5. The summed E-state index contributed by atoms with van der Waals surface area (Å²) in [4.78, 5) is 17.9. The highest BCUT2D eigenvalue weighted by atomic mass is 16.5. The normalized spacial score (nSPS) is 11.2. The maximum absolute atomic E-state index is 13.3. The summed E-state index contributed by atoms with van der Waals surface area (Å²) in [5.74, 6) is 3.88. The molecule has 0 atom stereocenters. The second-order valence-electron chi connectivity index (χ2n) is 7.02. The second kappa shape index (κ2) is 8.25. The molecule has 0 aliphatic heterocycles. The zero-order valence-electron chi connectivity index (χ0n) is 16.9. The molecule has 5 aromatic rings. The average molecular weight is 419 g/mol. The van der Waals surface area contributed by atoms with Gasteiger partial charge in [0.05, 0.1) is 17.1 Å². The summed E-state index contributed by atoms with van der Waals surface area (Å²) in [7, 11) is 0. The smallest absolute Gasteiger partial charge is 0.282 e. The van der Waals surface area contributed by atoms with Crippen molar-refractivity contribution in [2.45, 2.75) is 0 Å². The molecule has 0 aliphatic carbocycles. The maximum Gasteiger partial charge on any atom is 0.282 e. The lowest BCUT2D eigenvalue weighted by atomic mass is 10.2. The first-order valence-corrected chi connectivity index (χ1v) is 9.94. The molecule has 6 heteroatoms. The van der Waals surface area contributed by atoms with Gasteiger partial charge in [-0.25, -0.2) is 4.98 Å². The highest BCUT2D eigenvalue weighted by molar-refractivity contribution is 5.84. The van der Waals surface area contributed by atoms with Gasteiger partial charge in [-0.15, -0.1) is 6.42 Å². The van der Waals surface area contributed by atoms with Crippen LogP contribution in [0.25, 0.3) is 33.5 Å². The van der Waals surface area contributed by atoms with Crippen molar-refractivity contribution in [3.63, 3.8) is 0 Å². The Bertz CT molecular complexity index is 1520. The molecule has 0 radical (unpaired) electrons. The van der Waals surface area contributed by atoms with E-state index in [1.165, 1.54) is 4.68 Å². The minimum Gasteiger partial charge on any atom is -0.481 e. The summed E-state index contributed by atoms with van der Waals surface area (Å²) in [5.41, 5.74) is 1.79. The molecule has 6 nitrogen and oxygen atoms in total. The summed E-state index contributed by atoms with van der Waals surface area (Å²) in [5, 5.41) is 5.84. The summed E-state index contributed by atoms with van der Waals surface area (Å²) >= 11 is 0. The lowest BCUT2D eigenvalue weighted by molar-refractivity contribution is 0.370. The van der Waals surface area contributed by atoms with Gasteiger partial charge in [0.1, 0.15) is 17.9 Å². The van der Waals surface area contributed by atoms with Gasteiger partial charge in [0.25, 0.3) is 5.56 Å². The summed E-state index contributed by atoms with van der Waals surface area (Å²) in [6, 6.07) is 23.9. The van der Waals surface area contributed by atoms with E-state index in [9.17, 15) is 4.79 Å². The van der Waals surface area contributed by atoms with E-state index in [1.807, 2.05) is 48.5 Å². The van der Waals surface area contributed by atoms with Gasteiger partial charge in [-0.1, -0.05) is 36.3 Å². The lowest BCUT2D eigenvalue weighted by Crippen LogP contribution is -2.20. The van der Waals surface area contributed by atoms with E-state index in [4.69, 9.17) is 15.6 Å². The third kappa shape index (κ3) is 3.64. The van der Waals surface area contributed by atoms with Crippen LogP contribution in [0.5, 0.6) is 5.75 Å². The average Bonchev–Trinajstić information content (AvgIpc) is 3.27. The maximum atomic E-state index is 13.3. The Kier molecular flexibility index (Phi) is 4.98. The molecule has 0 N–H and O–H groups in total. The van der Waals surface area contributed by atoms with Gasteiger partial charge >= 0.3 is 0 Å². The minimum absolute atomic E-state index is 0.201. The van der Waals surface area contributed by atoms with Gasteiger partial charge in [0.15, 0.2) is 5.76 Å². The van der Waals surface area contributed by atoms with Crippen molar-refractivity contribution in [1.82, 2.24) is 9.66 Å². The van der Waals surface area contributed by atoms with E-state index < -0.39 is 0 Å². The van der Waals surface area contributed by atoms with Crippen molar-refractivity contribution >= 4 is 28.1 Å². The molecule has 0 spiro atoms. The van der Waals surface area contributed by atoms with Crippen molar-refractivity contribution in [3.8, 4) is 29.7 Å². The molecular formula is C26H17N3O3. The molecule has 2 aromatic heterocycles. The topological polar surface area (TPSA) is 69.6 Å². The third-order valence-electron chi connectivity index (χ3n) is 4.92. The molecule has 0 saturated carbocycles. The fourth-order valence-corrected chi connectivity index (χ4v) is 3.38. The number of hydrogen-bond donors (Lipinski definition) is 0. The molecular weight excluding hydrogens is 402 g/mol. The number of nitrogens with zero attached hydrogens (tertiary/aromatic N) is 3. The number of aromatic nitrogens is 2. The van der Waals surface area contributed by atoms with E-state index in [0.717, 1.165) is 10.9 Å². The van der Waals surface area contributed by atoms with E-state index in [-0.39, 0.29) is 12.2 Å². The molecule has 32 heavy (non-hydrogen) atoms. The van der Waals surface area contributed by atoms with Crippen molar-refractivity contribution in [2.24, 2.45) is 5.10 Å². The van der Waals surface area contributed by atoms with Crippen LogP contribution >= 0.6 is 0 Å². The van der Waals surface area contributed by atoms with Crippen LogP contribution in [0, 0.1) is 12.3 Å². The van der Waals surface area contributed by atoms with Crippen LogP contribution in [0.2, 0.25) is 0 Å². The van der Waals surface area contributed by atoms with Gasteiger partial charge in [-0.3, -0.25) is 4.79 Å². The number of ether oxygens (including phenoxy) is 1. The van der Waals surface area contributed by atoms with Gasteiger partial charge < -0.3 is 9.15 Å². The van der Waals surface area contributed by atoms with Crippen LogP contribution in [0.4, 0.5) is 0 Å². The standard InChI is InChI=1S/C26H17N3O3/c1-2-15-31-20-13-11-18(12-14-20)17-27-29-25(24-16-19-7-3-6-10-23(19)32-24)28-22-9-5-4-8-21(22)26(29)30/h1,3-14,16-17H,15H2. The molecule has 154 valence electrons. The molecule has 0 amide bonds. The Hall–Kier alpha value is -4.63. The molecule has 0 fully saturated rings. The van der Waals surface area contributed by atoms with Crippen LogP contribution in [0.1, 0.15) is 5.56 Å². The Morgan fingerprint density at radius 2 is 1.84 bits per heavy atom. The Morgan fingerprint density at radius 3 is 2.66 bits per heavy atom. The second-order valence-corrected chi connectivity index (χ2v) is 7.02. The van der Waals surface area contributed by atoms with Gasteiger partial charge in [0.2, 0.25) is 5.82 Å². The fraction of sp³-hybridized carbons (Fsp3) is 0.0385. The summed E-state index contributed by atoms with van der Waals surface area (Å²) in [6.45, 7) is 0.201. The van der Waals surface area contributed by atoms with Crippen molar-refractivity contribution in [3.05, 3.63) is 94.8 Å². The monoisotopic (exact) mass is 419 g/mol. The van der Waals surface area contributed by atoms with E-state index in [1.54, 1.807) is 36.5 Å². The van der Waals surface area contributed by atoms with E-state index in [0.29, 0.717) is 33.8 Å². The van der Waals surface area contributed by atoms with E-state index >= 15 is 0 Å².